The molecule has 2 bridgehead atoms. The van der Waals surface area contributed by atoms with Gasteiger partial charge in [-0.1, -0.05) is 164 Å². The van der Waals surface area contributed by atoms with Crippen LogP contribution in [0.4, 0.5) is 0 Å². The van der Waals surface area contributed by atoms with Crippen LogP contribution in [0.5, 0.6) is 0 Å². The van der Waals surface area contributed by atoms with E-state index in [9.17, 15) is 39.3 Å². The molecule has 2 aromatic rings. The number of fused-ring (bicyclic) bond motifs is 5. The van der Waals surface area contributed by atoms with Crippen molar-refractivity contribution in [1.29, 1.82) is 0 Å². The van der Waals surface area contributed by atoms with Gasteiger partial charge in [-0.15, -0.1) is 0 Å². The molecule has 4 fully saturated rings. The number of aliphatic hydroxyl groups is 3. The Bertz CT molecular complexity index is 2840. The molecule has 0 unspecified atom stereocenters. The predicted molar refractivity (Wildman–Crippen MR) is 359 cm³/mol. The van der Waals surface area contributed by atoms with E-state index in [4.69, 9.17) is 46.9 Å². The second kappa shape index (κ2) is 36.2. The zero-order valence-corrected chi connectivity index (χ0v) is 58.5. The lowest BCUT2D eigenvalue weighted by Crippen LogP contribution is -2.61. The van der Waals surface area contributed by atoms with Gasteiger partial charge in [-0.3, -0.25) is 19.2 Å². The number of Topliss-reactive ketones (excluding diaryl/α,β-unsaturated/α-hetero) is 3. The topological polar surface area (TPSA) is 199 Å². The van der Waals surface area contributed by atoms with Crippen molar-refractivity contribution in [2.75, 3.05) is 48.0 Å². The number of carbonyl (C=O) groups excluding carboxylic acids is 5. The van der Waals surface area contributed by atoms with Crippen LogP contribution < -0.4 is 0 Å². The molecule has 0 spiro atoms. The molecule has 5 heterocycles. The van der Waals surface area contributed by atoms with Gasteiger partial charge in [0.2, 0.25) is 5.79 Å². The molecule has 15 nitrogen and oxygen atoms in total. The minimum Gasteiger partial charge on any atom is -0.460 e. The van der Waals surface area contributed by atoms with E-state index < -0.39 is 87.6 Å². The zero-order chi connectivity index (χ0) is 66.0. The molecule has 1 saturated carbocycles. The Labute approximate surface area is 557 Å². The third kappa shape index (κ3) is 20.6. The van der Waals surface area contributed by atoms with Crippen LogP contribution in [0.2, 0.25) is 0 Å². The van der Waals surface area contributed by atoms with Gasteiger partial charge in [0, 0.05) is 81.3 Å². The maximum absolute atomic E-state index is 14.4. The molecule has 90 heavy (non-hydrogen) atoms. The lowest BCUT2D eigenvalue weighted by molar-refractivity contribution is -0.265. The second-order valence-corrected chi connectivity index (χ2v) is 29.9. The van der Waals surface area contributed by atoms with Gasteiger partial charge in [0.25, 0.3) is 11.7 Å². The van der Waals surface area contributed by atoms with Crippen molar-refractivity contribution in [3.8, 4) is 0 Å². The van der Waals surface area contributed by atoms with E-state index >= 15 is 0 Å². The highest BCUT2D eigenvalue weighted by atomic mass is 79.9. The molecule has 0 aromatic heterocycles. The molecular weight excluding hydrogens is 1270 g/mol. The Hall–Kier alpha value is -3.82. The van der Waals surface area contributed by atoms with E-state index in [-0.39, 0.29) is 54.8 Å². The van der Waals surface area contributed by atoms with Gasteiger partial charge >= 0.3 is 5.97 Å². The third-order valence-electron chi connectivity index (χ3n) is 19.0. The number of hydrogen-bond donors (Lipinski definition) is 3. The fourth-order valence-electron chi connectivity index (χ4n) is 13.4. The number of benzene rings is 2. The molecule has 1 aliphatic carbocycles. The molecule has 498 valence electrons. The Morgan fingerprint density at radius 3 is 2.06 bits per heavy atom. The van der Waals surface area contributed by atoms with Crippen LogP contribution in [0.25, 0.3) is 5.57 Å². The number of rotatable bonds is 6. The molecular formula is C71H99BrCl2N2O13S. The van der Waals surface area contributed by atoms with Crippen LogP contribution in [0.3, 0.4) is 0 Å². The number of halogens is 3. The summed E-state index contributed by atoms with van der Waals surface area (Å²) in [6, 6.07) is 16.6. The first-order chi connectivity index (χ1) is 42.8. The highest BCUT2D eigenvalue weighted by Gasteiger charge is 2.53. The lowest BCUT2D eigenvalue weighted by atomic mass is 9.78. The molecule has 5 aliphatic heterocycles. The van der Waals surface area contributed by atoms with Gasteiger partial charge in [-0.2, -0.15) is 0 Å². The summed E-state index contributed by atoms with van der Waals surface area (Å²) in [6.45, 7) is 15.1. The van der Waals surface area contributed by atoms with E-state index in [0.717, 1.165) is 12.0 Å². The van der Waals surface area contributed by atoms with Gasteiger partial charge in [0.1, 0.15) is 30.1 Å². The summed E-state index contributed by atoms with van der Waals surface area (Å²) in [5.41, 5.74) is 7.27. The van der Waals surface area contributed by atoms with Gasteiger partial charge < -0.3 is 48.8 Å². The number of ether oxygens (including phenoxy) is 5. The summed E-state index contributed by atoms with van der Waals surface area (Å²) in [4.78, 5) is 77.0. The highest BCUT2D eigenvalue weighted by molar-refractivity contribution is 9.10. The summed E-state index contributed by atoms with van der Waals surface area (Å²) < 4.78 is 29.0. The van der Waals surface area contributed by atoms with E-state index in [1.165, 1.54) is 64.4 Å². The van der Waals surface area contributed by atoms with Crippen LogP contribution in [0.1, 0.15) is 149 Å². The smallest absolute Gasteiger partial charge is 0.329 e. The molecule has 2 aromatic carbocycles. The SMILES string of the molecule is CN1CCC(=C2c3ccccc3Sc3ccccc32)CC1.CO[C@H]1C[C@@H]2CC[C@@H](C)[C@@](O)(O2)C(=O)C(=O)N2CCCC[C@H]2C(=O)O[C@H]([C@H](C)C[C@@H]2CC[C@@H](O)[C@H](OC)C2)CC(=O)[C@H](C)/C=C(\C)[C@@H](O)[C@@H](OC)C(=O)[C@H](C)C[C@H](C)/C=C/C=CC=C1C.ClC(Cl)Br. The first-order valence-electron chi connectivity index (χ1n) is 32.2. The average molecular weight is 1370 g/mol. The molecule has 19 heteroatoms. The lowest BCUT2D eigenvalue weighted by Gasteiger charge is -2.42. The summed E-state index contributed by atoms with van der Waals surface area (Å²) in [5.74, 6) is -7.96. The van der Waals surface area contributed by atoms with E-state index in [0.29, 0.717) is 63.4 Å². The van der Waals surface area contributed by atoms with Crippen LogP contribution in [-0.4, -0.2) is 161 Å². The number of amides is 1. The van der Waals surface area contributed by atoms with E-state index in [1.54, 1.807) is 46.6 Å². The molecule has 3 N–H and O–H groups in total. The Balaban J connectivity index is 0.000000421. The summed E-state index contributed by atoms with van der Waals surface area (Å²) in [7, 11) is 6.74. The first kappa shape index (κ1) is 75.2. The Morgan fingerprint density at radius 2 is 1.43 bits per heavy atom. The molecule has 8 rings (SSSR count). The third-order valence-corrected chi connectivity index (χ3v) is 20.1. The molecule has 3 saturated heterocycles. The van der Waals surface area contributed by atoms with Crippen molar-refractivity contribution < 1.29 is 63.0 Å². The molecule has 15 atom stereocenters. The minimum absolute atomic E-state index is 0.0193. The van der Waals surface area contributed by atoms with Gasteiger partial charge in [-0.05, 0) is 156 Å². The number of esters is 1. The number of carbonyl (C=O) groups is 5. The summed E-state index contributed by atoms with van der Waals surface area (Å²) in [5, 5.41) is 33.8. The number of likely N-dealkylation sites (tertiary alicyclic amines) is 1. The fraction of sp³-hybridized carbons (Fsp3) is 0.620. The van der Waals surface area contributed by atoms with Crippen molar-refractivity contribution in [1.82, 2.24) is 9.80 Å². The van der Waals surface area contributed by atoms with Crippen LogP contribution in [0, 0.1) is 35.5 Å². The summed E-state index contributed by atoms with van der Waals surface area (Å²) >= 11 is 14.6. The maximum atomic E-state index is 14.4. The van der Waals surface area contributed by atoms with Crippen molar-refractivity contribution in [3.05, 3.63) is 113 Å². The van der Waals surface area contributed by atoms with E-state index in [1.807, 2.05) is 69.8 Å². The first-order valence-corrected chi connectivity index (χ1v) is 34.8. The Morgan fingerprint density at radius 1 is 0.789 bits per heavy atom. The Kier molecular flexibility index (Phi) is 30.2. The van der Waals surface area contributed by atoms with Crippen LogP contribution in [0.15, 0.2) is 111 Å². The number of ketones is 3. The number of allylic oxidation sites excluding steroid dienone is 6. The number of aliphatic hydroxyl groups excluding tert-OH is 2. The zero-order valence-electron chi connectivity index (χ0n) is 54.6. The number of piperidine rings is 2. The second-order valence-electron chi connectivity index (χ2n) is 25.7. The average Bonchev–Trinajstić information content (AvgIpc) is 0.799. The quantitative estimate of drug-likeness (QED) is 0.0911. The molecule has 1 amide bonds. The standard InChI is InChI=1S/C51H79NO13.C19H19NS.CHBrCl2/c1-30-16-12-11-13-17-31(2)42(61-8)28-38-21-19-36(7)51(60,65-38)48(57)49(58)52-23-15-14-18-39(52)50(59)64-43(33(4)26-37-20-22-40(53)44(27-37)62-9)29-41(54)32(3)25-35(6)46(56)47(63-10)45(55)34(5)24-30;1-20-12-10-14(11-13-20)19-15-6-2-4-8-17(15)21-18-9-5-3-7-16(18)19;2-1(3)4/h11-13,16-17,25,30,32-34,36-40,42-44,46-47,53,56,60H,14-15,18-24,26-29H2,1-10H3;2-9H,10-13H2,1H3;1H/b13-11?,16-12+,31-17?,35-25+;;/t30-,32-,33-,34-,36-,37+,38+,39+,40-,42+,43+,44-,46-,47+,51-;;/m1../s1. The highest BCUT2D eigenvalue weighted by Crippen LogP contribution is 2.48. The predicted octanol–water partition coefficient (Wildman–Crippen LogP) is 13.0. The fourth-order valence-corrected chi connectivity index (χ4v) is 14.5. The van der Waals surface area contributed by atoms with Gasteiger partial charge in [0.05, 0.1) is 24.4 Å². The van der Waals surface area contributed by atoms with Crippen molar-refractivity contribution in [2.24, 2.45) is 35.5 Å². The van der Waals surface area contributed by atoms with Gasteiger partial charge in [0.15, 0.2) is 9.53 Å². The van der Waals surface area contributed by atoms with Crippen molar-refractivity contribution in [2.45, 2.75) is 206 Å². The normalized spacial score (nSPS) is 32.9. The largest absolute Gasteiger partial charge is 0.460 e. The minimum atomic E-state index is -2.43. The monoisotopic (exact) mass is 1370 g/mol. The van der Waals surface area contributed by atoms with Crippen LogP contribution in [-0.2, 0) is 47.7 Å². The maximum Gasteiger partial charge on any atom is 0.329 e. The van der Waals surface area contributed by atoms with Crippen LogP contribution >= 0.6 is 50.9 Å². The van der Waals surface area contributed by atoms with Gasteiger partial charge in [-0.25, -0.2) is 4.79 Å². The summed E-state index contributed by atoms with van der Waals surface area (Å²) in [6.07, 6.45) is 13.6. The number of hydrogen-bond acceptors (Lipinski definition) is 15. The number of cyclic esters (lactones) is 1. The number of methoxy groups -OCH3 is 3. The van der Waals surface area contributed by atoms with Crippen molar-refractivity contribution in [3.63, 3.8) is 0 Å². The number of nitrogens with zero attached hydrogens (tertiary/aromatic N) is 2. The number of alkyl halides is 3. The molecule has 0 radical (unpaired) electrons. The molecule has 6 aliphatic rings. The van der Waals surface area contributed by atoms with Crippen molar-refractivity contribution >= 4 is 85.7 Å². The van der Waals surface area contributed by atoms with E-state index in [2.05, 4.69) is 76.4 Å².